The topological polar surface area (TPSA) is 97.1 Å². The van der Waals surface area contributed by atoms with Crippen molar-refractivity contribution in [2.45, 2.75) is 26.8 Å². The number of rotatable bonds is 5. The number of amides is 1. The number of hydrogen-bond acceptors (Lipinski definition) is 6. The maximum Gasteiger partial charge on any atom is 0.242 e. The zero-order valence-electron chi connectivity index (χ0n) is 11.2. The lowest BCUT2D eigenvalue weighted by Crippen LogP contribution is -2.39. The summed E-state index contributed by atoms with van der Waals surface area (Å²) in [5.41, 5.74) is 0.558. The summed E-state index contributed by atoms with van der Waals surface area (Å²) in [4.78, 5) is 11.8. The standard InChI is InChI=1S/C11H17N7O/c1-7(2)6-12-11(19)8(3)13-9-4-5-10-14-16-17-18(10)15-9/h4-5,7-8H,6H2,1-3H3,(H,12,19)(H,13,15). The molecule has 2 heterocycles. The van der Waals surface area contributed by atoms with Gasteiger partial charge in [-0.3, -0.25) is 4.79 Å². The largest absolute Gasteiger partial charge is 0.357 e. The van der Waals surface area contributed by atoms with Crippen molar-refractivity contribution < 1.29 is 4.79 Å². The molecule has 2 aromatic heterocycles. The van der Waals surface area contributed by atoms with Crippen LogP contribution in [0.5, 0.6) is 0 Å². The van der Waals surface area contributed by atoms with Gasteiger partial charge < -0.3 is 10.6 Å². The van der Waals surface area contributed by atoms with Gasteiger partial charge in [0.25, 0.3) is 0 Å². The molecule has 0 aliphatic heterocycles. The minimum atomic E-state index is -0.375. The molecule has 0 saturated carbocycles. The Morgan fingerprint density at radius 1 is 1.37 bits per heavy atom. The molecule has 1 atom stereocenters. The number of fused-ring (bicyclic) bond motifs is 1. The van der Waals surface area contributed by atoms with Crippen LogP contribution in [0.3, 0.4) is 0 Å². The molecule has 0 spiro atoms. The first-order valence-electron chi connectivity index (χ1n) is 6.16. The van der Waals surface area contributed by atoms with E-state index in [1.807, 2.05) is 13.8 Å². The number of nitrogens with zero attached hydrogens (tertiary/aromatic N) is 5. The van der Waals surface area contributed by atoms with E-state index in [4.69, 9.17) is 0 Å². The van der Waals surface area contributed by atoms with Crippen molar-refractivity contribution in [2.75, 3.05) is 11.9 Å². The van der Waals surface area contributed by atoms with Gasteiger partial charge in [-0.1, -0.05) is 13.8 Å². The van der Waals surface area contributed by atoms with E-state index in [1.54, 1.807) is 19.1 Å². The van der Waals surface area contributed by atoms with Gasteiger partial charge in [0, 0.05) is 6.54 Å². The number of nitrogens with one attached hydrogen (secondary N) is 2. The fourth-order valence-corrected chi connectivity index (χ4v) is 1.47. The van der Waals surface area contributed by atoms with E-state index in [0.717, 1.165) is 0 Å². The summed E-state index contributed by atoms with van der Waals surface area (Å²) in [6.45, 7) is 6.53. The number of anilines is 1. The summed E-state index contributed by atoms with van der Waals surface area (Å²) >= 11 is 0. The molecule has 0 fully saturated rings. The van der Waals surface area contributed by atoms with Crippen LogP contribution in [0.4, 0.5) is 5.82 Å². The molecule has 8 heteroatoms. The lowest BCUT2D eigenvalue weighted by molar-refractivity contribution is -0.121. The molecule has 0 saturated heterocycles. The van der Waals surface area contributed by atoms with Gasteiger partial charge in [-0.25, -0.2) is 0 Å². The van der Waals surface area contributed by atoms with E-state index in [-0.39, 0.29) is 11.9 Å². The Kier molecular flexibility index (Phi) is 3.88. The van der Waals surface area contributed by atoms with E-state index < -0.39 is 0 Å². The normalized spacial score (nSPS) is 12.6. The maximum atomic E-state index is 11.8. The second kappa shape index (κ2) is 5.59. The quantitative estimate of drug-likeness (QED) is 0.793. The van der Waals surface area contributed by atoms with Crippen LogP contribution in [0.1, 0.15) is 20.8 Å². The van der Waals surface area contributed by atoms with Crippen molar-refractivity contribution in [3.63, 3.8) is 0 Å². The smallest absolute Gasteiger partial charge is 0.242 e. The lowest BCUT2D eigenvalue weighted by Gasteiger charge is -2.15. The van der Waals surface area contributed by atoms with E-state index in [9.17, 15) is 4.79 Å². The van der Waals surface area contributed by atoms with Gasteiger partial charge in [0.05, 0.1) is 0 Å². The first-order chi connectivity index (χ1) is 9.06. The lowest BCUT2D eigenvalue weighted by atomic mass is 10.2. The Labute approximate surface area is 110 Å². The van der Waals surface area contributed by atoms with Crippen molar-refractivity contribution in [3.8, 4) is 0 Å². The highest BCUT2D eigenvalue weighted by Gasteiger charge is 2.13. The zero-order valence-corrected chi connectivity index (χ0v) is 11.2. The Bertz CT molecular complexity index is 565. The van der Waals surface area contributed by atoms with Crippen LogP contribution in [0.2, 0.25) is 0 Å². The molecule has 0 aromatic carbocycles. The van der Waals surface area contributed by atoms with Gasteiger partial charge in [-0.2, -0.15) is 0 Å². The second-order valence-electron chi connectivity index (χ2n) is 4.75. The third kappa shape index (κ3) is 3.36. The van der Waals surface area contributed by atoms with Gasteiger partial charge in [0.15, 0.2) is 5.65 Å². The van der Waals surface area contributed by atoms with Crippen molar-refractivity contribution in [2.24, 2.45) is 5.92 Å². The molecule has 2 N–H and O–H groups in total. The van der Waals surface area contributed by atoms with Crippen LogP contribution in [0, 0.1) is 5.92 Å². The molecular formula is C11H17N7O. The predicted molar refractivity (Wildman–Crippen MR) is 69.5 cm³/mol. The van der Waals surface area contributed by atoms with E-state index >= 15 is 0 Å². The Morgan fingerprint density at radius 3 is 2.89 bits per heavy atom. The first kappa shape index (κ1) is 13.2. The first-order valence-corrected chi connectivity index (χ1v) is 6.16. The van der Waals surface area contributed by atoms with Crippen LogP contribution < -0.4 is 10.6 Å². The molecule has 8 nitrogen and oxygen atoms in total. The average molecular weight is 263 g/mol. The maximum absolute atomic E-state index is 11.8. The van der Waals surface area contributed by atoms with Crippen molar-refractivity contribution in [1.29, 1.82) is 0 Å². The molecule has 2 rings (SSSR count). The minimum Gasteiger partial charge on any atom is -0.357 e. The monoisotopic (exact) mass is 263 g/mol. The van der Waals surface area contributed by atoms with Crippen LogP contribution in [-0.4, -0.2) is 43.7 Å². The highest BCUT2D eigenvalue weighted by atomic mass is 16.2. The molecule has 1 unspecified atom stereocenters. The molecule has 0 aliphatic carbocycles. The molecule has 0 aliphatic rings. The van der Waals surface area contributed by atoms with Gasteiger partial charge in [0.1, 0.15) is 11.9 Å². The Balaban J connectivity index is 1.97. The van der Waals surface area contributed by atoms with Crippen molar-refractivity contribution in [1.82, 2.24) is 30.6 Å². The summed E-state index contributed by atoms with van der Waals surface area (Å²) in [5.74, 6) is 0.908. The fourth-order valence-electron chi connectivity index (χ4n) is 1.47. The number of aromatic nitrogens is 5. The van der Waals surface area contributed by atoms with Crippen LogP contribution in [0.15, 0.2) is 12.1 Å². The van der Waals surface area contributed by atoms with Gasteiger partial charge in [-0.05, 0) is 35.4 Å². The number of carbonyl (C=O) groups is 1. The third-order valence-electron chi connectivity index (χ3n) is 2.51. The zero-order chi connectivity index (χ0) is 13.8. The highest BCUT2D eigenvalue weighted by Crippen LogP contribution is 2.05. The predicted octanol–water partition coefficient (Wildman–Crippen LogP) is 0.0919. The SMILES string of the molecule is CC(C)CNC(=O)C(C)Nc1ccc2nnnn2n1. The summed E-state index contributed by atoms with van der Waals surface area (Å²) in [6, 6.07) is 3.09. The molecule has 0 bridgehead atoms. The van der Waals surface area contributed by atoms with Gasteiger partial charge >= 0.3 is 0 Å². The number of hydrogen-bond donors (Lipinski definition) is 2. The van der Waals surface area contributed by atoms with E-state index in [2.05, 4.69) is 31.3 Å². The molecule has 2 aromatic rings. The van der Waals surface area contributed by atoms with Gasteiger partial charge in [0.2, 0.25) is 5.91 Å². The fraction of sp³-hybridized carbons (Fsp3) is 0.545. The minimum absolute atomic E-state index is 0.0627. The number of tetrazole rings is 1. The van der Waals surface area contributed by atoms with Crippen LogP contribution in [-0.2, 0) is 4.79 Å². The summed E-state index contributed by atoms with van der Waals surface area (Å²) in [6.07, 6.45) is 0. The third-order valence-corrected chi connectivity index (χ3v) is 2.51. The molecule has 1 amide bonds. The molecule has 19 heavy (non-hydrogen) atoms. The van der Waals surface area contributed by atoms with Gasteiger partial charge in [-0.15, -0.1) is 14.8 Å². The average Bonchev–Trinajstić information content (AvgIpc) is 2.83. The summed E-state index contributed by atoms with van der Waals surface area (Å²) < 4.78 is 1.31. The molecule has 0 radical (unpaired) electrons. The molecule has 102 valence electrons. The van der Waals surface area contributed by atoms with Crippen molar-refractivity contribution in [3.05, 3.63) is 12.1 Å². The van der Waals surface area contributed by atoms with E-state index in [1.165, 1.54) is 4.63 Å². The van der Waals surface area contributed by atoms with Crippen LogP contribution in [0.25, 0.3) is 5.65 Å². The highest BCUT2D eigenvalue weighted by molar-refractivity contribution is 5.83. The summed E-state index contributed by atoms with van der Waals surface area (Å²) in [5, 5.41) is 21.0. The van der Waals surface area contributed by atoms with Crippen molar-refractivity contribution >= 4 is 17.4 Å². The van der Waals surface area contributed by atoms with E-state index in [0.29, 0.717) is 23.9 Å². The van der Waals surface area contributed by atoms with Crippen LogP contribution >= 0.6 is 0 Å². The second-order valence-corrected chi connectivity index (χ2v) is 4.75. The molecular weight excluding hydrogens is 246 g/mol. The summed E-state index contributed by atoms with van der Waals surface area (Å²) in [7, 11) is 0. The Morgan fingerprint density at radius 2 is 2.16 bits per heavy atom. The Hall–Kier alpha value is -2.25. The number of carbonyl (C=O) groups excluding carboxylic acids is 1.